The Morgan fingerprint density at radius 2 is 0.516 bits per heavy atom. The van der Waals surface area contributed by atoms with Crippen LogP contribution in [0.5, 0.6) is 0 Å². The molecule has 0 spiro atoms. The summed E-state index contributed by atoms with van der Waals surface area (Å²) >= 11 is 0. The Hall–Kier alpha value is -13.5. The first kappa shape index (κ1) is 95.9. The highest BCUT2D eigenvalue weighted by atomic mass is 32.2. The van der Waals surface area contributed by atoms with E-state index in [1.807, 2.05) is 0 Å². The van der Waals surface area contributed by atoms with Crippen molar-refractivity contribution in [3.8, 4) is 11.1 Å². The van der Waals surface area contributed by atoms with E-state index in [0.29, 0.717) is 0 Å². The zero-order chi connectivity index (χ0) is 91.3. The fourth-order valence-electron chi connectivity index (χ4n) is 13.0. The fourth-order valence-corrected chi connectivity index (χ4v) is 16.3. The maximum Gasteiger partial charge on any atom is 0.336 e. The van der Waals surface area contributed by atoms with Crippen LogP contribution in [0, 0.1) is 0 Å². The molecular formula is C76H94N24O20S4. The lowest BCUT2D eigenvalue weighted by molar-refractivity contribution is -0.121. The van der Waals surface area contributed by atoms with E-state index in [-0.39, 0.29) is 145 Å². The molecule has 124 heavy (non-hydrogen) atoms. The van der Waals surface area contributed by atoms with Crippen molar-refractivity contribution < 1.29 is 91.8 Å². The first-order valence-corrected chi connectivity index (χ1v) is 43.9. The molecule has 44 nitrogen and oxygen atoms in total. The number of amides is 8. The second-order valence-electron chi connectivity index (χ2n) is 27.1. The first-order valence-electron chi connectivity index (χ1n) is 37.8. The number of aromatic carboxylic acids is 2. The number of nitrogens with two attached hydrogens (primary N) is 4. The van der Waals surface area contributed by atoms with Crippen molar-refractivity contribution in [3.05, 3.63) is 143 Å². The minimum absolute atomic E-state index is 0.0347. The van der Waals surface area contributed by atoms with Crippen LogP contribution >= 0.6 is 0 Å². The van der Waals surface area contributed by atoms with Gasteiger partial charge in [-0.2, -0.15) is 29.9 Å². The number of benzene rings is 6. The molecular weight excluding hydrogens is 1700 g/mol. The minimum Gasteiger partial charge on any atom is -0.478 e. The van der Waals surface area contributed by atoms with Crippen LogP contribution in [0.1, 0.15) is 94.3 Å². The number of anilines is 12. The number of primary sulfonamides is 4. The lowest BCUT2D eigenvalue weighted by Crippen LogP contribution is -2.31. The maximum absolute atomic E-state index is 13.9. The number of carboxylic acid groups (broad SMARTS) is 2. The zero-order valence-electron chi connectivity index (χ0n) is 68.4. The van der Waals surface area contributed by atoms with Crippen molar-refractivity contribution in [2.75, 3.05) is 113 Å². The lowest BCUT2D eigenvalue weighted by atomic mass is 9.94. The minimum atomic E-state index is -4.63. The third-order valence-corrected chi connectivity index (χ3v) is 23.2. The van der Waals surface area contributed by atoms with Gasteiger partial charge in [0, 0.05) is 168 Å². The second kappa shape index (κ2) is 42.3. The van der Waals surface area contributed by atoms with Crippen LogP contribution in [0.2, 0.25) is 0 Å². The largest absolute Gasteiger partial charge is 0.478 e. The third kappa shape index (κ3) is 24.9. The van der Waals surface area contributed by atoms with Gasteiger partial charge in [0.25, 0.3) is 0 Å². The molecule has 0 saturated carbocycles. The number of hydrogen-bond acceptors (Lipinski definition) is 30. The summed E-state index contributed by atoms with van der Waals surface area (Å²) in [7, 11) is -7.73. The van der Waals surface area contributed by atoms with Crippen molar-refractivity contribution in [1.29, 1.82) is 0 Å². The van der Waals surface area contributed by atoms with Crippen molar-refractivity contribution in [2.24, 2.45) is 20.6 Å². The summed E-state index contributed by atoms with van der Waals surface area (Å²) in [5.41, 5.74) is -2.38. The van der Waals surface area contributed by atoms with Crippen LogP contribution in [0.3, 0.4) is 0 Å². The molecule has 0 saturated heterocycles. The number of nitrogens with zero attached hydrogens (tertiary/aromatic N) is 10. The molecule has 0 aliphatic carbocycles. The summed E-state index contributed by atoms with van der Waals surface area (Å²) in [6, 6.07) is 22.8. The van der Waals surface area contributed by atoms with Crippen LogP contribution in [-0.2, 0) is 104 Å². The number of nitrogens with one attached hydrogen (secondary N) is 10. The molecule has 0 radical (unpaired) electrons. The van der Waals surface area contributed by atoms with E-state index in [0.717, 1.165) is 12.1 Å². The van der Waals surface area contributed by atoms with Crippen molar-refractivity contribution in [2.45, 2.75) is 96.6 Å². The Morgan fingerprint density at radius 3 is 0.710 bits per heavy atom. The van der Waals surface area contributed by atoms with Crippen molar-refractivity contribution in [1.82, 2.24) is 72.4 Å². The van der Waals surface area contributed by atoms with E-state index in [1.54, 1.807) is 0 Å². The topological polar surface area (TPSA) is 662 Å². The molecule has 6 aromatic carbocycles. The molecule has 0 bridgehead atoms. The Labute approximate surface area is 713 Å². The number of hydrogen-bond donors (Lipinski definition) is 16. The van der Waals surface area contributed by atoms with E-state index in [9.17, 15) is 91.8 Å². The highest BCUT2D eigenvalue weighted by Crippen LogP contribution is 2.41. The van der Waals surface area contributed by atoms with Gasteiger partial charge >= 0.3 is 11.9 Å². The summed E-state index contributed by atoms with van der Waals surface area (Å²) < 4.78 is 108. The SMILES string of the molecule is CNC(=O)CCc1c(N(CCC(=O)NC)c2nc(Nc3ccc(-c4ccc(Nc5nc(N(CCC(=O)NC)c6cccc(S(N)(=O)=O)c6CCC(=O)NC)nc(N(CCC(=O)NC)c6cccc(S(N)(=O)=O)c6CCC(=O)NC)n5)cc4C(=O)O)c(C(=O)O)c3)nc(N(CCC(=O)NC)c3cccc(S(N)(=O)=O)c3CCC(=O)NC)n2)cccc1S(N)(=O)=O. The summed E-state index contributed by atoms with van der Waals surface area (Å²) in [4.78, 5) is 165. The molecule has 662 valence electrons. The van der Waals surface area contributed by atoms with E-state index >= 15 is 0 Å². The number of aromatic nitrogens is 6. The van der Waals surface area contributed by atoms with Crippen LogP contribution in [0.4, 0.5) is 69.8 Å². The Balaban J connectivity index is 1.39. The van der Waals surface area contributed by atoms with Crippen LogP contribution in [-0.4, -0.2) is 216 Å². The smallest absolute Gasteiger partial charge is 0.336 e. The highest BCUT2D eigenvalue weighted by molar-refractivity contribution is 7.90. The van der Waals surface area contributed by atoms with E-state index in [1.165, 1.54) is 173 Å². The van der Waals surface area contributed by atoms with Crippen LogP contribution in [0.25, 0.3) is 11.1 Å². The number of rotatable bonds is 43. The number of carbonyl (C=O) groups is 10. The second-order valence-corrected chi connectivity index (χ2v) is 33.2. The van der Waals surface area contributed by atoms with Crippen LogP contribution < -0.4 is 93.3 Å². The average Bonchev–Trinajstić information content (AvgIpc) is 0.866. The van der Waals surface area contributed by atoms with Gasteiger partial charge in [-0.05, 0) is 132 Å². The molecule has 20 N–H and O–H groups in total. The molecule has 48 heteroatoms. The molecule has 8 aromatic rings. The lowest BCUT2D eigenvalue weighted by Gasteiger charge is -2.30. The van der Waals surface area contributed by atoms with Gasteiger partial charge < -0.3 is 83.0 Å². The van der Waals surface area contributed by atoms with Gasteiger partial charge in [-0.3, -0.25) is 38.4 Å². The molecule has 0 fully saturated rings. The van der Waals surface area contributed by atoms with Crippen molar-refractivity contribution >= 4 is 169 Å². The van der Waals surface area contributed by atoms with E-state index in [4.69, 9.17) is 50.5 Å². The quantitative estimate of drug-likeness (QED) is 0.0253. The summed E-state index contributed by atoms with van der Waals surface area (Å²) in [5.74, 6) is -10.4. The number of carboxylic acids is 2. The predicted molar refractivity (Wildman–Crippen MR) is 456 cm³/mol. The van der Waals surface area contributed by atoms with E-state index in [2.05, 4.69) is 53.2 Å². The standard InChI is InChI=1S/C76H94N24O20S4/c1-81-61(101)29-25-47-53(13-9-17-57(47)121(77,113)114)97(37-33-65(105)85-5)73-91-71(92-74(95-73)98(38-34-66(106)86-6)54-14-10-18-58(122(78,115)116)48(54)26-30-62(102)82-2)89-43-21-23-45(51(41-43)69(109)110)46-24-22-44(42-52(46)70(111)112)90-72-93-75(99(39-35-67(107)87-7)55-15-11-19-59(123(79,117)118)49(55)27-31-63(103)83-3)96-76(94-72)100(40-36-68(108)88-8)56-16-12-20-60(124(80,119)120)50(56)28-32-64(104)84-4/h9-24,41-42H,25-40H2,1-8H3,(H,81,101)(H,82,102)(H,83,103)(H,84,104)(H,85,105)(H,86,106)(H,87,107)(H,88,108)(H,109,110)(H,111,112)(H2,77,113,114)(H2,78,115,116)(H2,79,117,118)(H2,80,119,120)(H,89,91,92,95)(H,90,93,94,96). The fraction of sp³-hybridized carbons (Fsp3) is 0.316. The highest BCUT2D eigenvalue weighted by Gasteiger charge is 2.33. The molecule has 0 unspecified atom stereocenters. The summed E-state index contributed by atoms with van der Waals surface area (Å²) in [5, 5.41) is 71.7. The van der Waals surface area contributed by atoms with Gasteiger partial charge in [-0.25, -0.2) is 63.8 Å². The molecule has 0 aliphatic rings. The van der Waals surface area contributed by atoms with E-state index < -0.39 is 192 Å². The maximum atomic E-state index is 13.9. The van der Waals surface area contributed by atoms with Gasteiger partial charge in [0.2, 0.25) is 123 Å². The third-order valence-electron chi connectivity index (χ3n) is 19.2. The Bertz CT molecular complexity index is 5290. The normalized spacial score (nSPS) is 11.4. The Morgan fingerprint density at radius 1 is 0.306 bits per heavy atom. The Kier molecular flexibility index (Phi) is 32.7. The first-order chi connectivity index (χ1) is 58.6. The molecule has 0 atom stereocenters. The summed E-state index contributed by atoms with van der Waals surface area (Å²) in [6.07, 6.45) is -4.04. The van der Waals surface area contributed by atoms with Gasteiger partial charge in [-0.15, -0.1) is 0 Å². The molecule has 2 heterocycles. The molecule has 2 aromatic heterocycles. The van der Waals surface area contributed by atoms with Crippen LogP contribution in [0.15, 0.2) is 129 Å². The molecule has 8 rings (SSSR count). The zero-order valence-corrected chi connectivity index (χ0v) is 71.6. The van der Waals surface area contributed by atoms with Gasteiger partial charge in [0.05, 0.1) is 30.7 Å². The van der Waals surface area contributed by atoms with Gasteiger partial charge in [-0.1, -0.05) is 36.4 Å². The predicted octanol–water partition coefficient (Wildman–Crippen LogP) is 1.01. The molecule has 8 amide bonds. The molecule has 0 aliphatic heterocycles. The van der Waals surface area contributed by atoms with Gasteiger partial charge in [0.1, 0.15) is 0 Å². The average molecular weight is 1790 g/mol. The monoisotopic (exact) mass is 1790 g/mol. The van der Waals surface area contributed by atoms with Crippen molar-refractivity contribution in [3.63, 3.8) is 0 Å². The number of sulfonamides is 4. The van der Waals surface area contributed by atoms with Gasteiger partial charge in [0.15, 0.2) is 0 Å². The summed E-state index contributed by atoms with van der Waals surface area (Å²) in [6.45, 7) is -1.61. The number of carbonyl (C=O) groups excluding carboxylic acids is 8.